The molecule has 0 bridgehead atoms. The van der Waals surface area contributed by atoms with Gasteiger partial charge in [0.05, 0.1) is 20.1 Å². The minimum absolute atomic E-state index is 0.0488. The first-order valence-electron chi connectivity index (χ1n) is 3.62. The summed E-state index contributed by atoms with van der Waals surface area (Å²) < 4.78 is 0. The number of nitrogens with two attached hydrogens (primary N) is 1. The molecule has 0 fully saturated rings. The molecule has 0 spiro atoms. The van der Waals surface area contributed by atoms with Crippen molar-refractivity contribution >= 4 is 63.9 Å². The highest BCUT2D eigenvalue weighted by Gasteiger charge is 2.22. The Labute approximate surface area is 111 Å². The number of rotatable bonds is 2. The first-order chi connectivity index (χ1) is 6.86. The van der Waals surface area contributed by atoms with Crippen LogP contribution < -0.4 is 5.73 Å². The summed E-state index contributed by atoms with van der Waals surface area (Å²) in [5.41, 5.74) is 5.27. The molecule has 1 amide bonds. The number of hydrogen-bond acceptors (Lipinski definition) is 1. The van der Waals surface area contributed by atoms with E-state index < -0.39 is 11.3 Å². The van der Waals surface area contributed by atoms with Gasteiger partial charge in [-0.05, 0) is 6.07 Å². The summed E-state index contributed by atoms with van der Waals surface area (Å²) in [6.07, 6.45) is 0. The first kappa shape index (κ1) is 13.2. The zero-order valence-electron chi connectivity index (χ0n) is 7.03. The lowest BCUT2D eigenvalue weighted by Crippen LogP contribution is -2.17. The van der Waals surface area contributed by atoms with E-state index in [-0.39, 0.29) is 25.7 Å². The number of hydrogen-bond donors (Lipinski definition) is 1. The van der Waals surface area contributed by atoms with Gasteiger partial charge in [0.2, 0.25) is 5.91 Å². The maximum atomic E-state index is 10.9. The second-order valence-electron chi connectivity index (χ2n) is 2.65. The molecular formula is C8H4Cl5NO. The molecular weight excluding hydrogens is 303 g/mol. The molecule has 0 aliphatic carbocycles. The molecule has 0 aromatic heterocycles. The lowest BCUT2D eigenvalue weighted by atomic mass is 10.1. The van der Waals surface area contributed by atoms with Gasteiger partial charge in [0, 0.05) is 5.56 Å². The summed E-state index contributed by atoms with van der Waals surface area (Å²) in [5.74, 6) is -0.743. The Morgan fingerprint density at radius 3 is 2.13 bits per heavy atom. The molecule has 7 heteroatoms. The number of carbonyl (C=O) groups excluding carboxylic acids is 1. The number of amides is 1. The molecule has 15 heavy (non-hydrogen) atoms. The fourth-order valence-corrected chi connectivity index (χ4v) is 2.08. The molecule has 1 atom stereocenters. The summed E-state index contributed by atoms with van der Waals surface area (Å²) in [4.78, 5) is 10.9. The topological polar surface area (TPSA) is 43.1 Å². The first-order valence-corrected chi connectivity index (χ1v) is 5.57. The molecule has 82 valence electrons. The third-order valence-electron chi connectivity index (χ3n) is 1.65. The van der Waals surface area contributed by atoms with Crippen LogP contribution in [0.1, 0.15) is 10.9 Å². The van der Waals surface area contributed by atoms with Crippen molar-refractivity contribution in [2.45, 2.75) is 5.38 Å². The molecule has 0 radical (unpaired) electrons. The minimum Gasteiger partial charge on any atom is -0.368 e. The maximum Gasteiger partial charge on any atom is 0.240 e. The summed E-state index contributed by atoms with van der Waals surface area (Å²) in [5, 5.41) is -0.698. The summed E-state index contributed by atoms with van der Waals surface area (Å²) in [6, 6.07) is 1.36. The quantitative estimate of drug-likeness (QED) is 0.499. The van der Waals surface area contributed by atoms with Crippen molar-refractivity contribution in [3.63, 3.8) is 0 Å². The zero-order chi connectivity index (χ0) is 11.7. The SMILES string of the molecule is NC(=O)C(Cl)c1cc(Cl)c(Cl)c(Cl)c1Cl. The summed E-state index contributed by atoms with van der Waals surface area (Å²) >= 11 is 28.8. The zero-order valence-corrected chi connectivity index (χ0v) is 10.8. The maximum absolute atomic E-state index is 10.9. The van der Waals surface area contributed by atoms with Crippen molar-refractivity contribution < 1.29 is 4.79 Å². The van der Waals surface area contributed by atoms with Crippen molar-refractivity contribution in [1.29, 1.82) is 0 Å². The molecule has 0 saturated carbocycles. The van der Waals surface area contributed by atoms with E-state index in [9.17, 15) is 4.79 Å². The molecule has 1 aromatic rings. The molecule has 1 rings (SSSR count). The highest BCUT2D eigenvalue weighted by atomic mass is 35.5. The van der Waals surface area contributed by atoms with E-state index in [4.69, 9.17) is 63.7 Å². The Morgan fingerprint density at radius 1 is 1.13 bits per heavy atom. The van der Waals surface area contributed by atoms with E-state index in [1.807, 2.05) is 0 Å². The van der Waals surface area contributed by atoms with E-state index in [1.54, 1.807) is 0 Å². The van der Waals surface area contributed by atoms with Gasteiger partial charge in [-0.2, -0.15) is 0 Å². The van der Waals surface area contributed by atoms with Crippen LogP contribution >= 0.6 is 58.0 Å². The van der Waals surface area contributed by atoms with Gasteiger partial charge >= 0.3 is 0 Å². The standard InChI is InChI=1S/C8H4Cl5NO/c9-3-1-2(5(11)8(14)15)4(10)7(13)6(3)12/h1,5H,(H2,14,15). The van der Waals surface area contributed by atoms with E-state index in [1.165, 1.54) is 6.07 Å². The number of halogens is 5. The smallest absolute Gasteiger partial charge is 0.240 e. The Hall–Kier alpha value is 0.140. The van der Waals surface area contributed by atoms with Gasteiger partial charge in [-0.25, -0.2) is 0 Å². The fourth-order valence-electron chi connectivity index (χ4n) is 0.929. The van der Waals surface area contributed by atoms with E-state index in [0.717, 1.165) is 0 Å². The Kier molecular flexibility index (Phi) is 4.38. The van der Waals surface area contributed by atoms with Gasteiger partial charge in [0.1, 0.15) is 5.38 Å². The van der Waals surface area contributed by atoms with Crippen LogP contribution in [0.4, 0.5) is 0 Å². The van der Waals surface area contributed by atoms with Crippen LogP contribution in [0.25, 0.3) is 0 Å². The average Bonchev–Trinajstić information content (AvgIpc) is 2.19. The fraction of sp³-hybridized carbons (Fsp3) is 0.125. The van der Waals surface area contributed by atoms with Crippen LogP contribution in [0.15, 0.2) is 6.07 Å². The van der Waals surface area contributed by atoms with Gasteiger partial charge in [-0.3, -0.25) is 4.79 Å². The van der Waals surface area contributed by atoms with Crippen molar-refractivity contribution in [3.05, 3.63) is 31.7 Å². The second-order valence-corrected chi connectivity index (χ2v) is 4.63. The third-order valence-corrected chi connectivity index (χ3v) is 3.87. The van der Waals surface area contributed by atoms with Crippen molar-refractivity contribution in [3.8, 4) is 0 Å². The number of benzene rings is 1. The Bertz CT molecular complexity index is 420. The Morgan fingerprint density at radius 2 is 1.67 bits per heavy atom. The number of alkyl halides is 1. The van der Waals surface area contributed by atoms with E-state index in [2.05, 4.69) is 0 Å². The summed E-state index contributed by atoms with van der Waals surface area (Å²) in [7, 11) is 0. The molecule has 0 aliphatic heterocycles. The Balaban J connectivity index is 3.38. The monoisotopic (exact) mass is 305 g/mol. The normalized spacial score (nSPS) is 12.6. The van der Waals surface area contributed by atoms with E-state index in [0.29, 0.717) is 0 Å². The summed E-state index contributed by atoms with van der Waals surface area (Å²) in [6.45, 7) is 0. The van der Waals surface area contributed by atoms with Crippen LogP contribution in [0.3, 0.4) is 0 Å². The lowest BCUT2D eigenvalue weighted by Gasteiger charge is -2.11. The average molecular weight is 307 g/mol. The lowest BCUT2D eigenvalue weighted by molar-refractivity contribution is -0.117. The van der Waals surface area contributed by atoms with Gasteiger partial charge in [-0.15, -0.1) is 11.6 Å². The predicted molar refractivity (Wildman–Crippen MR) is 64.3 cm³/mol. The largest absolute Gasteiger partial charge is 0.368 e. The van der Waals surface area contributed by atoms with Crippen molar-refractivity contribution in [2.75, 3.05) is 0 Å². The van der Waals surface area contributed by atoms with Crippen LogP contribution in [-0.4, -0.2) is 5.91 Å². The molecule has 0 heterocycles. The highest BCUT2D eigenvalue weighted by molar-refractivity contribution is 6.52. The molecule has 2 N–H and O–H groups in total. The molecule has 1 aromatic carbocycles. The number of carbonyl (C=O) groups is 1. The molecule has 0 aliphatic rings. The van der Waals surface area contributed by atoms with Gasteiger partial charge in [0.15, 0.2) is 0 Å². The van der Waals surface area contributed by atoms with Crippen LogP contribution in [0.5, 0.6) is 0 Å². The third kappa shape index (κ3) is 2.63. The molecule has 1 unspecified atom stereocenters. The van der Waals surface area contributed by atoms with Gasteiger partial charge < -0.3 is 5.73 Å². The van der Waals surface area contributed by atoms with Gasteiger partial charge in [-0.1, -0.05) is 46.4 Å². The van der Waals surface area contributed by atoms with Crippen LogP contribution in [-0.2, 0) is 4.79 Å². The van der Waals surface area contributed by atoms with Crippen molar-refractivity contribution in [1.82, 2.24) is 0 Å². The van der Waals surface area contributed by atoms with Crippen LogP contribution in [0.2, 0.25) is 20.1 Å². The van der Waals surface area contributed by atoms with Crippen molar-refractivity contribution in [2.24, 2.45) is 5.73 Å². The molecule has 2 nitrogen and oxygen atoms in total. The van der Waals surface area contributed by atoms with Gasteiger partial charge in [0.25, 0.3) is 0 Å². The minimum atomic E-state index is -1.09. The molecule has 0 saturated heterocycles. The predicted octanol–water partition coefficient (Wildman–Crippen LogP) is 4.07. The second kappa shape index (κ2) is 4.98. The number of primary amides is 1. The highest BCUT2D eigenvalue weighted by Crippen LogP contribution is 2.41. The van der Waals surface area contributed by atoms with E-state index >= 15 is 0 Å². The van der Waals surface area contributed by atoms with Crippen LogP contribution in [0, 0.1) is 0 Å².